The van der Waals surface area contributed by atoms with Gasteiger partial charge in [-0.3, -0.25) is 4.79 Å². The van der Waals surface area contributed by atoms with Crippen LogP contribution in [0.25, 0.3) is 0 Å². The number of nitrogens with zero attached hydrogens (tertiary/aromatic N) is 2. The van der Waals surface area contributed by atoms with Crippen molar-refractivity contribution in [2.24, 2.45) is 4.99 Å². The molecule has 4 unspecified atom stereocenters. The molecule has 0 saturated carbocycles. The molecule has 0 amide bonds. The first-order valence-corrected chi connectivity index (χ1v) is 11.3. The van der Waals surface area contributed by atoms with Gasteiger partial charge in [0, 0.05) is 5.92 Å². The third kappa shape index (κ3) is 3.55. The van der Waals surface area contributed by atoms with Gasteiger partial charge in [-0.25, -0.2) is 25.0 Å². The molecule has 3 aliphatic heterocycles. The lowest BCUT2D eigenvalue weighted by atomic mass is 9.71. The van der Waals surface area contributed by atoms with Crippen molar-refractivity contribution in [3.63, 3.8) is 0 Å². The number of hydrogen-bond acceptors (Lipinski definition) is 9. The van der Waals surface area contributed by atoms with Crippen LogP contribution in [-0.2, 0) is 28.6 Å². The van der Waals surface area contributed by atoms with Crippen molar-refractivity contribution in [1.82, 2.24) is 10.4 Å². The Morgan fingerprint density at radius 1 is 1.00 bits per heavy atom. The minimum Gasteiger partial charge on any atom is -0.477 e. The Bertz CT molecular complexity index is 1200. The van der Waals surface area contributed by atoms with Gasteiger partial charge in [0.15, 0.2) is 17.9 Å². The largest absolute Gasteiger partial charge is 0.477 e. The van der Waals surface area contributed by atoms with Gasteiger partial charge in [0.1, 0.15) is 6.61 Å². The molecule has 1 saturated heterocycles. The third-order valence-electron chi connectivity index (χ3n) is 6.69. The van der Waals surface area contributed by atoms with Crippen molar-refractivity contribution in [3.05, 3.63) is 83.9 Å². The molecule has 35 heavy (non-hydrogen) atoms. The molecule has 2 aromatic rings. The fourth-order valence-corrected chi connectivity index (χ4v) is 5.06. The summed E-state index contributed by atoms with van der Waals surface area (Å²) in [5.74, 6) is -2.31. The number of fused-ring (bicyclic) bond motifs is 1. The van der Waals surface area contributed by atoms with E-state index in [1.54, 1.807) is 5.01 Å². The van der Waals surface area contributed by atoms with Crippen LogP contribution < -0.4 is 5.43 Å². The summed E-state index contributed by atoms with van der Waals surface area (Å²) < 4.78 is 15.7. The molecule has 1 fully saturated rings. The topological polar surface area (TPSA) is 107 Å². The summed E-state index contributed by atoms with van der Waals surface area (Å²) in [6.45, 7) is -0.0405. The molecule has 9 nitrogen and oxygen atoms in total. The number of esters is 2. The lowest BCUT2D eigenvalue weighted by Gasteiger charge is -2.45. The second-order valence-corrected chi connectivity index (χ2v) is 8.50. The predicted molar refractivity (Wildman–Crippen MR) is 125 cm³/mol. The molecule has 9 heteroatoms. The molecule has 0 bridgehead atoms. The Morgan fingerprint density at radius 3 is 2.29 bits per heavy atom. The molecule has 3 heterocycles. The summed E-state index contributed by atoms with van der Waals surface area (Å²) in [7, 11) is 2.53. The van der Waals surface area contributed by atoms with Gasteiger partial charge < -0.3 is 14.2 Å². The molecule has 0 radical (unpaired) electrons. The number of carbonyl (C=O) groups excluding carboxylic acids is 3. The predicted octanol–water partition coefficient (Wildman–Crippen LogP) is 1.72. The fraction of sp³-hybridized carbons (Fsp3) is 0.308. The second-order valence-electron chi connectivity index (χ2n) is 8.50. The number of nitrogens with one attached hydrogen (secondary N) is 1. The summed E-state index contributed by atoms with van der Waals surface area (Å²) in [5.41, 5.74) is 3.12. The molecule has 0 spiro atoms. The summed E-state index contributed by atoms with van der Waals surface area (Å²) >= 11 is 0. The van der Waals surface area contributed by atoms with Gasteiger partial charge in [0.2, 0.25) is 11.4 Å². The minimum absolute atomic E-state index is 0.0405. The van der Waals surface area contributed by atoms with E-state index in [2.05, 4.69) is 10.4 Å². The van der Waals surface area contributed by atoms with Gasteiger partial charge in [-0.1, -0.05) is 72.8 Å². The van der Waals surface area contributed by atoms with Crippen LogP contribution in [0.3, 0.4) is 0 Å². The number of ketones is 1. The Morgan fingerprint density at radius 2 is 1.66 bits per heavy atom. The maximum atomic E-state index is 14.2. The van der Waals surface area contributed by atoms with Crippen molar-refractivity contribution in [1.29, 1.82) is 0 Å². The highest BCUT2D eigenvalue weighted by atomic mass is 16.5. The van der Waals surface area contributed by atoms with Crippen molar-refractivity contribution in [3.8, 4) is 0 Å². The van der Waals surface area contributed by atoms with E-state index in [0.717, 1.165) is 11.1 Å². The number of rotatable bonds is 5. The molecule has 1 N–H and O–H groups in total. The number of aliphatic imine (C=N–C) groups is 1. The number of carbonyl (C=O) groups is 3. The van der Waals surface area contributed by atoms with E-state index in [1.165, 1.54) is 14.2 Å². The Kier molecular flexibility index (Phi) is 5.96. The van der Waals surface area contributed by atoms with Gasteiger partial charge in [-0.15, -0.1) is 0 Å². The van der Waals surface area contributed by atoms with Crippen LogP contribution in [0.2, 0.25) is 0 Å². The maximum absolute atomic E-state index is 14.2. The van der Waals surface area contributed by atoms with Crippen LogP contribution in [0.15, 0.2) is 77.8 Å². The summed E-state index contributed by atoms with van der Waals surface area (Å²) in [5, 5.41) is 1.65. The molecule has 2 aromatic carbocycles. The zero-order valence-corrected chi connectivity index (χ0v) is 19.3. The summed E-state index contributed by atoms with van der Waals surface area (Å²) in [6, 6.07) is 16.5. The van der Waals surface area contributed by atoms with Gasteiger partial charge in [-0.2, -0.15) is 0 Å². The lowest BCUT2D eigenvalue weighted by molar-refractivity contribution is -0.161. The van der Waals surface area contributed by atoms with Gasteiger partial charge in [0.25, 0.3) is 0 Å². The van der Waals surface area contributed by atoms with Crippen LogP contribution in [0.5, 0.6) is 0 Å². The van der Waals surface area contributed by atoms with E-state index < -0.39 is 47.3 Å². The molecule has 5 atom stereocenters. The standard InChI is InChI=1S/C26H25N3O6/c1-33-24(31)19-15-35-23(27-19)21-22(30)26(25(32)34-2)18(16-9-5-3-6-10-16)13-14-20(29(26)28-21)17-11-7-4-8-12-17/h3-14,18-21,28H,15H2,1-2H3/t18?,19-,20?,21?,26?/m0/s1. The van der Waals surface area contributed by atoms with E-state index >= 15 is 0 Å². The summed E-state index contributed by atoms with van der Waals surface area (Å²) in [6.07, 6.45) is 3.85. The van der Waals surface area contributed by atoms with E-state index in [1.807, 2.05) is 72.8 Å². The molecule has 3 aliphatic rings. The highest BCUT2D eigenvalue weighted by Crippen LogP contribution is 2.48. The van der Waals surface area contributed by atoms with Crippen LogP contribution in [0.1, 0.15) is 23.1 Å². The first-order chi connectivity index (χ1) is 17.0. The van der Waals surface area contributed by atoms with Gasteiger partial charge in [0.05, 0.1) is 20.3 Å². The van der Waals surface area contributed by atoms with Crippen LogP contribution in [0.4, 0.5) is 0 Å². The molecular weight excluding hydrogens is 450 g/mol. The Labute approximate surface area is 202 Å². The minimum atomic E-state index is -1.73. The maximum Gasteiger partial charge on any atom is 0.336 e. The van der Waals surface area contributed by atoms with Crippen molar-refractivity contribution in [2.45, 2.75) is 29.6 Å². The Balaban J connectivity index is 1.66. The second kappa shape index (κ2) is 9.09. The first kappa shape index (κ1) is 22.9. The van der Waals surface area contributed by atoms with Gasteiger partial charge in [-0.05, 0) is 11.1 Å². The highest BCUT2D eigenvalue weighted by molar-refractivity contribution is 6.21. The van der Waals surface area contributed by atoms with E-state index in [4.69, 9.17) is 14.2 Å². The average molecular weight is 476 g/mol. The van der Waals surface area contributed by atoms with Crippen molar-refractivity contribution < 1.29 is 28.6 Å². The number of benzene rings is 2. The quantitative estimate of drug-likeness (QED) is 0.396. The van der Waals surface area contributed by atoms with Crippen molar-refractivity contribution in [2.75, 3.05) is 20.8 Å². The Hall–Kier alpha value is -3.82. The zero-order valence-electron chi connectivity index (χ0n) is 19.3. The third-order valence-corrected chi connectivity index (χ3v) is 6.69. The monoisotopic (exact) mass is 475 g/mol. The number of methoxy groups -OCH3 is 2. The molecule has 0 aromatic heterocycles. The van der Waals surface area contributed by atoms with Gasteiger partial charge >= 0.3 is 11.9 Å². The number of hydrazine groups is 1. The SMILES string of the molecule is COC(=O)[C@@H]1COC(C2NN3C(c4ccccc4)C=CC(c4ccccc4)C3(C(=O)OC)C2=O)=N1. The van der Waals surface area contributed by atoms with E-state index in [-0.39, 0.29) is 12.5 Å². The fourth-order valence-electron chi connectivity index (χ4n) is 5.06. The normalized spacial score (nSPS) is 29.8. The summed E-state index contributed by atoms with van der Waals surface area (Å²) in [4.78, 5) is 44.1. The number of hydrogen-bond donors (Lipinski definition) is 1. The lowest BCUT2D eigenvalue weighted by Crippen LogP contribution is -2.63. The number of Topliss-reactive ketones (excluding diaryl/α,β-unsaturated/α-hetero) is 1. The van der Waals surface area contributed by atoms with Crippen molar-refractivity contribution >= 4 is 23.6 Å². The van der Waals surface area contributed by atoms with Crippen LogP contribution in [-0.4, -0.2) is 67.1 Å². The van der Waals surface area contributed by atoms with E-state index in [9.17, 15) is 14.4 Å². The smallest absolute Gasteiger partial charge is 0.336 e. The molecular formula is C26H25N3O6. The highest BCUT2D eigenvalue weighted by Gasteiger charge is 2.68. The zero-order chi connectivity index (χ0) is 24.6. The molecule has 180 valence electrons. The van der Waals surface area contributed by atoms with Crippen LogP contribution in [0, 0.1) is 0 Å². The van der Waals surface area contributed by atoms with Crippen LogP contribution >= 0.6 is 0 Å². The average Bonchev–Trinajstić information content (AvgIpc) is 3.52. The number of ether oxygens (including phenoxy) is 3. The molecule has 5 rings (SSSR count). The molecule has 0 aliphatic carbocycles. The van der Waals surface area contributed by atoms with E-state index in [0.29, 0.717) is 0 Å². The first-order valence-electron chi connectivity index (χ1n) is 11.3.